The lowest BCUT2D eigenvalue weighted by atomic mass is 10.2. The second-order valence-electron chi connectivity index (χ2n) is 1.55. The van der Waals surface area contributed by atoms with E-state index in [-0.39, 0.29) is 22.1 Å². The third kappa shape index (κ3) is 1.57. The lowest BCUT2D eigenvalue weighted by Gasteiger charge is -1.93. The first-order valence-corrected chi connectivity index (χ1v) is 3.22. The summed E-state index contributed by atoms with van der Waals surface area (Å²) in [5, 5.41) is 0. The Kier molecular flexibility index (Phi) is 1.00. The van der Waals surface area contributed by atoms with Crippen LogP contribution in [-0.2, 0) is 0 Å². The summed E-state index contributed by atoms with van der Waals surface area (Å²) in [5.41, 5.74) is 4.62. The second kappa shape index (κ2) is 2.84. The van der Waals surface area contributed by atoms with Gasteiger partial charge in [0, 0.05) is 10.0 Å². The molecule has 0 unspecified atom stereocenters. The molecule has 0 aliphatic rings. The summed E-state index contributed by atoms with van der Waals surface area (Å²) in [6.45, 7) is 0. The van der Waals surface area contributed by atoms with E-state index in [2.05, 4.69) is 15.9 Å². The molecular formula is C7H6BrNO. The second-order valence-corrected chi connectivity index (χ2v) is 2.35. The molecule has 52 valence electrons. The van der Waals surface area contributed by atoms with Gasteiger partial charge in [0.1, 0.15) is 0 Å². The molecule has 2 nitrogen and oxygen atoms in total. The van der Waals surface area contributed by atoms with Gasteiger partial charge in [0.05, 0.1) is 5.48 Å². The first-order valence-electron chi connectivity index (χ1n) is 4.43. The maximum atomic E-state index is 10.9. The summed E-state index contributed by atoms with van der Waals surface area (Å²) in [5.74, 6) is -0.936. The monoisotopic (exact) mass is 203 g/mol. The fraction of sp³-hybridized carbons (Fsp3) is 0. The Morgan fingerprint density at radius 3 is 3.00 bits per heavy atom. The van der Waals surface area contributed by atoms with Crippen LogP contribution in [0.5, 0.6) is 0 Å². The summed E-state index contributed by atoms with van der Waals surface area (Å²) in [4.78, 5) is 10.9. The van der Waals surface area contributed by atoms with E-state index < -0.39 is 18.0 Å². The van der Waals surface area contributed by atoms with Crippen LogP contribution in [0.1, 0.15) is 15.8 Å². The minimum atomic E-state index is -0.936. The molecule has 0 bridgehead atoms. The molecule has 3 heteroatoms. The zero-order valence-electron chi connectivity index (χ0n) is 8.86. The zero-order valence-corrected chi connectivity index (χ0v) is 6.45. The van der Waals surface area contributed by atoms with Gasteiger partial charge in [-0.25, -0.2) is 0 Å². The van der Waals surface area contributed by atoms with E-state index in [1.807, 2.05) is 0 Å². The minimum Gasteiger partial charge on any atom is -0.366 e. The van der Waals surface area contributed by atoms with E-state index in [1.54, 1.807) is 0 Å². The van der Waals surface area contributed by atoms with Crippen molar-refractivity contribution in [3.63, 3.8) is 0 Å². The largest absolute Gasteiger partial charge is 0.366 e. The van der Waals surface area contributed by atoms with Gasteiger partial charge in [-0.3, -0.25) is 4.79 Å². The van der Waals surface area contributed by atoms with Gasteiger partial charge in [-0.1, -0.05) is 22.0 Å². The number of halogens is 1. The van der Waals surface area contributed by atoms with Crippen molar-refractivity contribution in [1.29, 1.82) is 0 Å². The summed E-state index contributed by atoms with van der Waals surface area (Å²) >= 11 is 2.90. The fourth-order valence-electron chi connectivity index (χ4n) is 0.444. The third-order valence-electron chi connectivity index (χ3n) is 0.841. The molecule has 0 aliphatic carbocycles. The SMILES string of the molecule is [2H]c1c([2H])c(Br)c([2H])c(C(N)=O)c1[2H]. The number of hydrogen-bond acceptors (Lipinski definition) is 1. The normalized spacial score (nSPS) is 14.9. The van der Waals surface area contributed by atoms with Crippen LogP contribution < -0.4 is 5.73 Å². The number of nitrogens with two attached hydrogens (primary N) is 1. The van der Waals surface area contributed by atoms with E-state index in [1.165, 1.54) is 0 Å². The topological polar surface area (TPSA) is 43.1 Å². The summed E-state index contributed by atoms with van der Waals surface area (Å²) in [7, 11) is 0. The highest BCUT2D eigenvalue weighted by atomic mass is 79.9. The van der Waals surface area contributed by atoms with Crippen LogP contribution in [-0.4, -0.2) is 5.91 Å². The Morgan fingerprint density at radius 1 is 1.70 bits per heavy atom. The van der Waals surface area contributed by atoms with Gasteiger partial charge in [-0.2, -0.15) is 0 Å². The minimum absolute atomic E-state index is 0.00676. The number of benzene rings is 1. The Labute approximate surface area is 72.8 Å². The molecule has 1 amide bonds. The van der Waals surface area contributed by atoms with Crippen molar-refractivity contribution in [3.8, 4) is 0 Å². The Balaban J connectivity index is 3.68. The number of rotatable bonds is 1. The van der Waals surface area contributed by atoms with Crippen LogP contribution in [0.4, 0.5) is 0 Å². The quantitative estimate of drug-likeness (QED) is 0.740. The molecular weight excluding hydrogens is 194 g/mol. The number of amides is 1. The Hall–Kier alpha value is -0.830. The third-order valence-corrected chi connectivity index (χ3v) is 1.24. The molecule has 1 aromatic rings. The lowest BCUT2D eigenvalue weighted by molar-refractivity contribution is 0.100. The number of hydrogen-bond donors (Lipinski definition) is 1. The van der Waals surface area contributed by atoms with E-state index in [0.717, 1.165) is 0 Å². The van der Waals surface area contributed by atoms with Crippen LogP contribution in [0.15, 0.2) is 28.6 Å². The van der Waals surface area contributed by atoms with Crippen molar-refractivity contribution in [2.45, 2.75) is 0 Å². The van der Waals surface area contributed by atoms with Gasteiger partial charge in [-0.05, 0) is 18.1 Å². The molecule has 0 spiro atoms. The number of carbonyl (C=O) groups is 1. The zero-order chi connectivity index (χ0) is 11.0. The van der Waals surface area contributed by atoms with Crippen LogP contribution >= 0.6 is 15.9 Å². The van der Waals surface area contributed by atoms with Gasteiger partial charge >= 0.3 is 0 Å². The molecule has 0 aromatic heterocycles. The van der Waals surface area contributed by atoms with Crippen molar-refractivity contribution in [3.05, 3.63) is 34.2 Å². The molecule has 0 saturated carbocycles. The molecule has 0 fully saturated rings. The van der Waals surface area contributed by atoms with E-state index in [9.17, 15) is 4.79 Å². The molecule has 0 saturated heterocycles. The van der Waals surface area contributed by atoms with Crippen LogP contribution in [0.3, 0.4) is 0 Å². The van der Waals surface area contributed by atoms with Crippen molar-refractivity contribution in [2.75, 3.05) is 0 Å². The average molecular weight is 204 g/mol. The molecule has 0 aliphatic heterocycles. The first kappa shape index (κ1) is 3.53. The molecule has 0 atom stereocenters. The lowest BCUT2D eigenvalue weighted by Crippen LogP contribution is -2.10. The first-order chi connectivity index (χ1) is 6.37. The highest BCUT2D eigenvalue weighted by Crippen LogP contribution is 2.10. The van der Waals surface area contributed by atoms with E-state index >= 15 is 0 Å². The molecule has 2 N–H and O–H groups in total. The van der Waals surface area contributed by atoms with Gasteiger partial charge in [-0.15, -0.1) is 0 Å². The predicted molar refractivity (Wildman–Crippen MR) is 42.7 cm³/mol. The molecule has 0 heterocycles. The van der Waals surface area contributed by atoms with Crippen LogP contribution in [0, 0.1) is 0 Å². The van der Waals surface area contributed by atoms with Crippen molar-refractivity contribution in [2.24, 2.45) is 5.73 Å². The Bertz CT molecular complexity index is 392. The molecule has 0 radical (unpaired) electrons. The van der Waals surface area contributed by atoms with Crippen molar-refractivity contribution < 1.29 is 10.3 Å². The van der Waals surface area contributed by atoms with E-state index in [4.69, 9.17) is 11.2 Å². The highest BCUT2D eigenvalue weighted by molar-refractivity contribution is 9.10. The fourth-order valence-corrected chi connectivity index (χ4v) is 0.741. The van der Waals surface area contributed by atoms with Crippen LogP contribution in [0.2, 0.25) is 0 Å². The van der Waals surface area contributed by atoms with Gasteiger partial charge in [0.25, 0.3) is 0 Å². The molecule has 1 rings (SSSR count). The highest BCUT2D eigenvalue weighted by Gasteiger charge is 1.97. The number of carbonyl (C=O) groups excluding carboxylic acids is 1. The molecule has 10 heavy (non-hydrogen) atoms. The Morgan fingerprint density at radius 2 is 2.40 bits per heavy atom. The summed E-state index contributed by atoms with van der Waals surface area (Å²) < 4.78 is 29.5. The maximum Gasteiger partial charge on any atom is 0.248 e. The van der Waals surface area contributed by atoms with Crippen molar-refractivity contribution >= 4 is 21.8 Å². The predicted octanol–water partition coefficient (Wildman–Crippen LogP) is 1.55. The standard InChI is InChI=1S/C7H6BrNO/c8-6-3-1-2-5(4-6)7(9)10/h1-4H,(H2,9,10)/i1D,2D,3D,4D. The average Bonchev–Trinajstić information content (AvgIpc) is 2.11. The number of primary amides is 1. The summed E-state index contributed by atoms with van der Waals surface area (Å²) in [6, 6.07) is -1.49. The molecule has 1 aromatic carbocycles. The smallest absolute Gasteiger partial charge is 0.248 e. The van der Waals surface area contributed by atoms with E-state index in [0.29, 0.717) is 0 Å². The van der Waals surface area contributed by atoms with Gasteiger partial charge in [0.15, 0.2) is 0 Å². The van der Waals surface area contributed by atoms with Crippen molar-refractivity contribution in [1.82, 2.24) is 0 Å². The van der Waals surface area contributed by atoms with Gasteiger partial charge < -0.3 is 5.73 Å². The van der Waals surface area contributed by atoms with Crippen LogP contribution in [0.25, 0.3) is 0 Å². The maximum absolute atomic E-state index is 10.9. The summed E-state index contributed by atoms with van der Waals surface area (Å²) in [6.07, 6.45) is 0. The van der Waals surface area contributed by atoms with Gasteiger partial charge in [0.2, 0.25) is 5.91 Å².